The summed E-state index contributed by atoms with van der Waals surface area (Å²) in [5.74, 6) is -0.541. The fraction of sp³-hybridized carbons (Fsp3) is 0.409. The van der Waals surface area contributed by atoms with Crippen molar-refractivity contribution in [2.45, 2.75) is 50.0 Å². The minimum absolute atomic E-state index is 0.0182. The number of hydrazone groups is 1. The van der Waals surface area contributed by atoms with Gasteiger partial charge in [0.05, 0.1) is 24.3 Å². The quantitative estimate of drug-likeness (QED) is 0.689. The van der Waals surface area contributed by atoms with E-state index in [1.165, 1.54) is 17.9 Å². The molecule has 0 radical (unpaired) electrons. The van der Waals surface area contributed by atoms with E-state index in [9.17, 15) is 18.7 Å². The highest BCUT2D eigenvalue weighted by atomic mass is 19.3. The smallest absolute Gasteiger partial charge is 0.337 e. The average molecular weight is 443 g/mol. The third kappa shape index (κ3) is 3.01. The highest BCUT2D eigenvalue weighted by Gasteiger charge is 2.56. The van der Waals surface area contributed by atoms with Crippen molar-refractivity contribution >= 4 is 23.1 Å². The van der Waals surface area contributed by atoms with E-state index >= 15 is 0 Å². The van der Waals surface area contributed by atoms with Crippen molar-refractivity contribution in [3.8, 4) is 0 Å². The second-order valence-corrected chi connectivity index (χ2v) is 8.41. The number of hydrogen-bond donors (Lipinski definition) is 1. The zero-order valence-electron chi connectivity index (χ0n) is 17.5. The molecule has 32 heavy (non-hydrogen) atoms. The Bertz CT molecular complexity index is 1200. The van der Waals surface area contributed by atoms with Crippen LogP contribution in [0.4, 0.5) is 8.78 Å². The first-order valence-electron chi connectivity index (χ1n) is 10.2. The first-order chi connectivity index (χ1) is 15.3. The lowest BCUT2D eigenvalue weighted by Crippen LogP contribution is -2.54. The molecular formula is C22H21F2N4O4+. The molecule has 2 saturated carbocycles. The Hall–Kier alpha value is -3.27. The van der Waals surface area contributed by atoms with Gasteiger partial charge in [-0.15, -0.1) is 0 Å². The number of aliphatic carboxylic acids is 1. The van der Waals surface area contributed by atoms with Gasteiger partial charge in [-0.2, -0.15) is 4.98 Å². The number of aromatic nitrogens is 2. The molecule has 1 aromatic carbocycles. The summed E-state index contributed by atoms with van der Waals surface area (Å²) in [6, 6.07) is 8.00. The molecule has 0 bridgehead atoms. The van der Waals surface area contributed by atoms with Crippen LogP contribution < -0.4 is 0 Å². The highest BCUT2D eigenvalue weighted by molar-refractivity contribution is 6.05. The largest absolute Gasteiger partial charge is 0.479 e. The lowest BCUT2D eigenvalue weighted by molar-refractivity contribution is -0.442. The Morgan fingerprint density at radius 2 is 2.00 bits per heavy atom. The Kier molecular flexibility index (Phi) is 4.59. The molecular weight excluding hydrogens is 422 g/mol. The number of allylic oxidation sites excluding steroid dienone is 1. The van der Waals surface area contributed by atoms with Gasteiger partial charge < -0.3 is 14.4 Å². The Morgan fingerprint density at radius 1 is 1.28 bits per heavy atom. The molecule has 1 N–H and O–H groups in total. The van der Waals surface area contributed by atoms with Gasteiger partial charge in [0.2, 0.25) is 0 Å². The van der Waals surface area contributed by atoms with E-state index < -0.39 is 23.7 Å². The molecule has 2 fully saturated rings. The van der Waals surface area contributed by atoms with Gasteiger partial charge >= 0.3 is 17.6 Å². The van der Waals surface area contributed by atoms with Crippen molar-refractivity contribution in [3.63, 3.8) is 0 Å². The summed E-state index contributed by atoms with van der Waals surface area (Å²) in [4.78, 5) is 16.1. The van der Waals surface area contributed by atoms with Crippen molar-refractivity contribution in [2.24, 2.45) is 5.10 Å². The molecule has 0 saturated heterocycles. The number of carboxylic acids is 1. The van der Waals surface area contributed by atoms with Crippen molar-refractivity contribution in [3.05, 3.63) is 53.2 Å². The number of methoxy groups -OCH3 is 1. The number of rotatable bonds is 6. The summed E-state index contributed by atoms with van der Waals surface area (Å²) in [6.45, 7) is 2.03. The van der Waals surface area contributed by atoms with E-state index in [-0.39, 0.29) is 29.8 Å². The highest BCUT2D eigenvalue weighted by Crippen LogP contribution is 2.53. The second kappa shape index (κ2) is 7.13. The number of ether oxygens (including phenoxy) is 1. The lowest BCUT2D eigenvalue weighted by Gasteiger charge is -2.34. The summed E-state index contributed by atoms with van der Waals surface area (Å²) in [5.41, 5.74) is 0.802. The summed E-state index contributed by atoms with van der Waals surface area (Å²) >= 11 is 0. The van der Waals surface area contributed by atoms with E-state index in [2.05, 4.69) is 15.2 Å². The van der Waals surface area contributed by atoms with Gasteiger partial charge in [0.15, 0.2) is 22.8 Å². The summed E-state index contributed by atoms with van der Waals surface area (Å²) in [7, 11) is 1.31. The van der Waals surface area contributed by atoms with Crippen molar-refractivity contribution < 1.29 is 32.6 Å². The normalized spacial score (nSPS) is 23.8. The van der Waals surface area contributed by atoms with Gasteiger partial charge in [-0.1, -0.05) is 29.4 Å². The van der Waals surface area contributed by atoms with Crippen LogP contribution in [0.3, 0.4) is 0 Å². The molecule has 1 aliphatic heterocycles. The van der Waals surface area contributed by atoms with E-state index in [0.717, 1.165) is 24.0 Å². The molecule has 5 rings (SSSR count). The summed E-state index contributed by atoms with van der Waals surface area (Å²) < 4.78 is 38.7. The fourth-order valence-electron chi connectivity index (χ4n) is 4.41. The third-order valence-corrected chi connectivity index (χ3v) is 6.49. The van der Waals surface area contributed by atoms with Crippen molar-refractivity contribution in [1.29, 1.82) is 0 Å². The maximum absolute atomic E-state index is 13.4. The molecule has 166 valence electrons. The average Bonchev–Trinajstić information content (AvgIpc) is 3.18. The number of hydrogen-bond acceptors (Lipinski definition) is 6. The summed E-state index contributed by atoms with van der Waals surface area (Å²) in [6.07, 6.45) is 0.173. The van der Waals surface area contributed by atoms with E-state index in [1.54, 1.807) is 0 Å². The van der Waals surface area contributed by atoms with Gasteiger partial charge in [0.1, 0.15) is 0 Å². The Labute approximate surface area is 181 Å². The van der Waals surface area contributed by atoms with E-state index in [1.807, 2.05) is 31.2 Å². The number of carbonyl (C=O) groups is 1. The standard InChI is InChI=1S/C22H20F2N4O4/c1-12-5-3-4-6-14(12)21(7-8-21)19-25-18(32-27-19)16-9-15(17(23)24)26-28(16)13-10-22(11-13,31-2)20(29)30/h3-6,9,17H,7-8,10-11H2,1-2H3/p+1. The van der Waals surface area contributed by atoms with Crippen molar-refractivity contribution in [1.82, 2.24) is 10.1 Å². The topological polar surface area (TPSA) is 101 Å². The summed E-state index contributed by atoms with van der Waals surface area (Å²) in [5, 5.41) is 17.6. The maximum Gasteiger partial charge on any atom is 0.337 e. The molecule has 0 spiro atoms. The van der Waals surface area contributed by atoms with Gasteiger partial charge in [0.25, 0.3) is 6.43 Å². The molecule has 2 aliphatic carbocycles. The minimum atomic E-state index is -2.80. The SMILES string of the molecule is COC1(C(=O)O)CC(=[N+]2N=C(C(F)F)C=C2c2nc(C3(c4ccccc4C)CC3)no2)C1. The van der Waals surface area contributed by atoms with E-state index in [4.69, 9.17) is 9.26 Å². The van der Waals surface area contributed by atoms with Crippen molar-refractivity contribution in [2.75, 3.05) is 7.11 Å². The first kappa shape index (κ1) is 20.6. The molecule has 2 aromatic rings. The molecule has 0 unspecified atom stereocenters. The van der Waals surface area contributed by atoms with Crippen LogP contribution in [0, 0.1) is 6.92 Å². The van der Waals surface area contributed by atoms with Gasteiger partial charge in [-0.05, 0) is 35.6 Å². The van der Waals surface area contributed by atoms with Crippen LogP contribution in [0.1, 0.15) is 48.5 Å². The van der Waals surface area contributed by atoms with Gasteiger partial charge in [0, 0.05) is 12.2 Å². The predicted molar refractivity (Wildman–Crippen MR) is 109 cm³/mol. The third-order valence-electron chi connectivity index (χ3n) is 6.49. The van der Waals surface area contributed by atoms with Crippen LogP contribution in [0.25, 0.3) is 5.70 Å². The zero-order valence-corrected chi connectivity index (χ0v) is 17.5. The Morgan fingerprint density at radius 3 is 2.59 bits per heavy atom. The number of aryl methyl sites for hydroxylation is 1. The zero-order chi connectivity index (χ0) is 22.7. The molecule has 1 aromatic heterocycles. The number of benzene rings is 1. The lowest BCUT2D eigenvalue weighted by atomic mass is 9.77. The molecule has 0 atom stereocenters. The minimum Gasteiger partial charge on any atom is -0.479 e. The van der Waals surface area contributed by atoms with Crippen LogP contribution in [0.5, 0.6) is 0 Å². The maximum atomic E-state index is 13.4. The first-order valence-corrected chi connectivity index (χ1v) is 10.2. The van der Waals surface area contributed by atoms with Crippen LogP contribution in [-0.4, -0.2) is 56.5 Å². The number of halogens is 2. The Balaban J connectivity index is 1.51. The number of nitrogens with zero attached hydrogens (tertiary/aromatic N) is 4. The van der Waals surface area contributed by atoms with Crippen LogP contribution >= 0.6 is 0 Å². The molecule has 8 nitrogen and oxygen atoms in total. The molecule has 10 heteroatoms. The van der Waals surface area contributed by atoms with Crippen LogP contribution in [-0.2, 0) is 14.9 Å². The number of alkyl halides is 2. The molecule has 0 amide bonds. The molecule has 2 heterocycles. The van der Waals surface area contributed by atoms with Crippen LogP contribution in [0.15, 0.2) is 40.0 Å². The van der Waals surface area contributed by atoms with Gasteiger partial charge in [-0.3, -0.25) is 0 Å². The number of carboxylic acid groups (broad SMARTS) is 1. The predicted octanol–water partition coefficient (Wildman–Crippen LogP) is 3.15. The molecule has 3 aliphatic rings. The fourth-order valence-corrected chi connectivity index (χ4v) is 4.41. The van der Waals surface area contributed by atoms with Gasteiger partial charge in [-0.25, -0.2) is 13.6 Å². The van der Waals surface area contributed by atoms with Crippen LogP contribution in [0.2, 0.25) is 0 Å². The second-order valence-electron chi connectivity index (χ2n) is 8.41. The van der Waals surface area contributed by atoms with E-state index in [0.29, 0.717) is 11.5 Å². The monoisotopic (exact) mass is 443 g/mol.